The summed E-state index contributed by atoms with van der Waals surface area (Å²) in [6, 6.07) is 11.2. The molecule has 0 aliphatic carbocycles. The Balaban J connectivity index is 2.01. The quantitative estimate of drug-likeness (QED) is 0.879. The number of nitrogens with one attached hydrogen (secondary N) is 1. The van der Waals surface area contributed by atoms with Crippen molar-refractivity contribution in [1.29, 1.82) is 0 Å². The minimum absolute atomic E-state index is 0.623. The number of hydrogen-bond donors (Lipinski definition) is 1. The van der Waals surface area contributed by atoms with Gasteiger partial charge < -0.3 is 5.32 Å². The van der Waals surface area contributed by atoms with Crippen LogP contribution in [-0.4, -0.2) is 26.7 Å². The Morgan fingerprint density at radius 3 is 2.38 bits per heavy atom. The molecule has 1 heterocycles. The molecule has 0 fully saturated rings. The van der Waals surface area contributed by atoms with Gasteiger partial charge in [0.2, 0.25) is 10.0 Å². The minimum Gasteiger partial charge on any atom is -0.366 e. The topological polar surface area (TPSA) is 62.3 Å². The zero-order valence-electron chi connectivity index (χ0n) is 11.7. The molecule has 5 nitrogen and oxygen atoms in total. The summed E-state index contributed by atoms with van der Waals surface area (Å²) in [7, 11) is -1.69. The van der Waals surface area contributed by atoms with Crippen molar-refractivity contribution in [3.05, 3.63) is 52.6 Å². The van der Waals surface area contributed by atoms with Crippen LogP contribution in [0.3, 0.4) is 0 Å². The molecular formula is C14H16BrN3O2S. The van der Waals surface area contributed by atoms with Gasteiger partial charge in [0, 0.05) is 24.3 Å². The summed E-state index contributed by atoms with van der Waals surface area (Å²) in [6.45, 7) is 0.623. The molecule has 0 saturated carbocycles. The first-order chi connectivity index (χ1) is 9.86. The predicted octanol–water partition coefficient (Wildman–Crippen LogP) is 2.85. The highest BCUT2D eigenvalue weighted by atomic mass is 79.9. The molecule has 1 aromatic heterocycles. The molecule has 0 amide bonds. The van der Waals surface area contributed by atoms with Crippen LogP contribution in [-0.2, 0) is 16.6 Å². The largest absolute Gasteiger partial charge is 0.366 e. The van der Waals surface area contributed by atoms with Gasteiger partial charge in [0.25, 0.3) is 0 Å². The van der Waals surface area contributed by atoms with Crippen LogP contribution in [0.1, 0.15) is 5.56 Å². The second-order valence-electron chi connectivity index (χ2n) is 4.61. The first kappa shape index (κ1) is 15.8. The number of nitrogens with zero attached hydrogens (tertiary/aromatic N) is 2. The van der Waals surface area contributed by atoms with Crippen LogP contribution in [0.2, 0.25) is 0 Å². The van der Waals surface area contributed by atoms with E-state index in [2.05, 4.69) is 26.2 Å². The molecule has 1 aromatic carbocycles. The van der Waals surface area contributed by atoms with Crippen LogP contribution in [0.4, 0.5) is 11.5 Å². The number of anilines is 2. The minimum atomic E-state index is -3.22. The van der Waals surface area contributed by atoms with Gasteiger partial charge in [-0.2, -0.15) is 0 Å². The average Bonchev–Trinajstić information content (AvgIpc) is 2.45. The second kappa shape index (κ2) is 6.44. The van der Waals surface area contributed by atoms with Crippen LogP contribution in [0.5, 0.6) is 0 Å². The number of hydrogen-bond acceptors (Lipinski definition) is 4. The van der Waals surface area contributed by atoms with Gasteiger partial charge in [0.05, 0.1) is 11.9 Å². The summed E-state index contributed by atoms with van der Waals surface area (Å²) >= 11 is 3.33. The van der Waals surface area contributed by atoms with E-state index in [-0.39, 0.29) is 0 Å². The van der Waals surface area contributed by atoms with E-state index in [1.54, 1.807) is 18.3 Å². The van der Waals surface area contributed by atoms with Gasteiger partial charge in [0.1, 0.15) is 5.82 Å². The molecule has 0 unspecified atom stereocenters. The van der Waals surface area contributed by atoms with Crippen molar-refractivity contribution >= 4 is 37.5 Å². The van der Waals surface area contributed by atoms with E-state index < -0.39 is 10.0 Å². The highest BCUT2D eigenvalue weighted by Crippen LogP contribution is 2.17. The van der Waals surface area contributed by atoms with Crippen LogP contribution >= 0.6 is 15.9 Å². The summed E-state index contributed by atoms with van der Waals surface area (Å²) < 4.78 is 25.1. The zero-order chi connectivity index (χ0) is 15.5. The number of pyridine rings is 1. The summed E-state index contributed by atoms with van der Waals surface area (Å²) in [5, 5.41) is 3.20. The third kappa shape index (κ3) is 4.44. The molecule has 1 N–H and O–H groups in total. The molecule has 0 bridgehead atoms. The Labute approximate surface area is 133 Å². The predicted molar refractivity (Wildman–Crippen MR) is 89.0 cm³/mol. The van der Waals surface area contributed by atoms with Gasteiger partial charge in [-0.25, -0.2) is 13.4 Å². The molecule has 0 aliphatic heterocycles. The lowest BCUT2D eigenvalue weighted by atomic mass is 10.2. The summed E-state index contributed by atoms with van der Waals surface area (Å²) in [5.74, 6) is 0.788. The Morgan fingerprint density at radius 1 is 1.19 bits per heavy atom. The Hall–Kier alpha value is -1.60. The fourth-order valence-electron chi connectivity index (χ4n) is 1.69. The summed E-state index contributed by atoms with van der Waals surface area (Å²) in [5.41, 5.74) is 1.69. The van der Waals surface area contributed by atoms with Crippen molar-refractivity contribution in [2.24, 2.45) is 0 Å². The molecule has 0 spiro atoms. The standard InChI is InChI=1S/C14H16BrN3O2S/c1-18(21(2,19)20)13-6-3-11(4-7-13)9-16-14-8-5-12(15)10-17-14/h3-8,10H,9H2,1-2H3,(H,16,17). The number of aromatic nitrogens is 1. The third-order valence-corrected chi connectivity index (χ3v) is 4.67. The summed E-state index contributed by atoms with van der Waals surface area (Å²) in [6.07, 6.45) is 2.91. The molecule has 0 radical (unpaired) electrons. The van der Waals surface area contributed by atoms with Crippen molar-refractivity contribution in [1.82, 2.24) is 4.98 Å². The monoisotopic (exact) mass is 369 g/mol. The third-order valence-electron chi connectivity index (χ3n) is 3.00. The highest BCUT2D eigenvalue weighted by molar-refractivity contribution is 9.10. The van der Waals surface area contributed by atoms with E-state index in [0.29, 0.717) is 12.2 Å². The van der Waals surface area contributed by atoms with Crippen molar-refractivity contribution < 1.29 is 8.42 Å². The fraction of sp³-hybridized carbons (Fsp3) is 0.214. The van der Waals surface area contributed by atoms with Crippen LogP contribution in [0.15, 0.2) is 47.1 Å². The van der Waals surface area contributed by atoms with Gasteiger partial charge in [-0.3, -0.25) is 4.31 Å². The highest BCUT2D eigenvalue weighted by Gasteiger charge is 2.11. The molecule has 0 aliphatic rings. The Morgan fingerprint density at radius 2 is 1.86 bits per heavy atom. The van der Waals surface area contributed by atoms with Gasteiger partial charge in [-0.1, -0.05) is 12.1 Å². The molecular weight excluding hydrogens is 354 g/mol. The normalized spacial score (nSPS) is 11.2. The fourth-order valence-corrected chi connectivity index (χ4v) is 2.43. The van der Waals surface area contributed by atoms with Crippen LogP contribution in [0, 0.1) is 0 Å². The van der Waals surface area contributed by atoms with E-state index in [9.17, 15) is 8.42 Å². The number of rotatable bonds is 5. The Kier molecular flexibility index (Phi) is 4.84. The lowest BCUT2D eigenvalue weighted by Gasteiger charge is -2.16. The number of benzene rings is 1. The molecule has 0 saturated heterocycles. The van der Waals surface area contributed by atoms with Crippen molar-refractivity contribution in [3.8, 4) is 0 Å². The molecule has 112 valence electrons. The van der Waals surface area contributed by atoms with Crippen molar-refractivity contribution in [2.45, 2.75) is 6.54 Å². The van der Waals surface area contributed by atoms with Gasteiger partial charge in [-0.05, 0) is 45.8 Å². The lowest BCUT2D eigenvalue weighted by molar-refractivity contribution is 0.600. The van der Waals surface area contributed by atoms with E-state index in [0.717, 1.165) is 15.9 Å². The molecule has 2 aromatic rings. The molecule has 0 atom stereocenters. The Bertz CT molecular complexity index is 700. The number of halogens is 1. The van der Waals surface area contributed by atoms with Crippen molar-refractivity contribution in [2.75, 3.05) is 22.9 Å². The number of sulfonamides is 1. The van der Waals surface area contributed by atoms with E-state index in [1.807, 2.05) is 24.3 Å². The van der Waals surface area contributed by atoms with Gasteiger partial charge >= 0.3 is 0 Å². The summed E-state index contributed by atoms with van der Waals surface area (Å²) in [4.78, 5) is 4.23. The van der Waals surface area contributed by atoms with Crippen molar-refractivity contribution in [3.63, 3.8) is 0 Å². The second-order valence-corrected chi connectivity index (χ2v) is 7.54. The van der Waals surface area contributed by atoms with E-state index >= 15 is 0 Å². The molecule has 21 heavy (non-hydrogen) atoms. The zero-order valence-corrected chi connectivity index (χ0v) is 14.1. The molecule has 7 heteroatoms. The lowest BCUT2D eigenvalue weighted by Crippen LogP contribution is -2.24. The van der Waals surface area contributed by atoms with Gasteiger partial charge in [0.15, 0.2) is 0 Å². The first-order valence-electron chi connectivity index (χ1n) is 6.24. The maximum absolute atomic E-state index is 11.5. The van der Waals surface area contributed by atoms with E-state index in [1.165, 1.54) is 17.6 Å². The first-order valence-corrected chi connectivity index (χ1v) is 8.88. The maximum atomic E-state index is 11.5. The molecule has 2 rings (SSSR count). The average molecular weight is 370 g/mol. The van der Waals surface area contributed by atoms with Crippen LogP contribution < -0.4 is 9.62 Å². The van der Waals surface area contributed by atoms with E-state index in [4.69, 9.17) is 0 Å². The van der Waals surface area contributed by atoms with Crippen LogP contribution in [0.25, 0.3) is 0 Å². The van der Waals surface area contributed by atoms with Gasteiger partial charge in [-0.15, -0.1) is 0 Å². The maximum Gasteiger partial charge on any atom is 0.231 e. The SMILES string of the molecule is CN(c1ccc(CNc2ccc(Br)cn2)cc1)S(C)(=O)=O. The smallest absolute Gasteiger partial charge is 0.231 e.